The highest BCUT2D eigenvalue weighted by Crippen LogP contribution is 2.64. The number of nitrogens with zero attached hydrogens (tertiary/aromatic N) is 4. The lowest BCUT2D eigenvalue weighted by Gasteiger charge is -2.36. The molecule has 0 bridgehead atoms. The van der Waals surface area contributed by atoms with Crippen LogP contribution in [-0.2, 0) is 4.74 Å². The molecule has 3 aliphatic rings. The summed E-state index contributed by atoms with van der Waals surface area (Å²) >= 11 is 0. The van der Waals surface area contributed by atoms with Gasteiger partial charge in [0.2, 0.25) is 0 Å². The number of morpholine rings is 1. The zero-order valence-electron chi connectivity index (χ0n) is 19.0. The van der Waals surface area contributed by atoms with E-state index in [1.54, 1.807) is 0 Å². The molecule has 2 aromatic rings. The number of ether oxygens (including phenoxy) is 2. The molecule has 2 saturated carbocycles. The second kappa shape index (κ2) is 8.16. The number of aromatic nitrogens is 3. The Morgan fingerprint density at radius 2 is 1.94 bits per heavy atom. The van der Waals surface area contributed by atoms with Crippen LogP contribution in [0.2, 0.25) is 0 Å². The van der Waals surface area contributed by atoms with Gasteiger partial charge in [-0.1, -0.05) is 0 Å². The van der Waals surface area contributed by atoms with Crippen molar-refractivity contribution in [3.8, 4) is 17.0 Å². The Morgan fingerprint density at radius 3 is 2.58 bits per heavy atom. The number of nitrogen functional groups attached to an aromatic ring is 1. The Hall–Kier alpha value is -2.33. The van der Waals surface area contributed by atoms with E-state index in [0.29, 0.717) is 35.1 Å². The fourth-order valence-corrected chi connectivity index (χ4v) is 5.74. The van der Waals surface area contributed by atoms with Gasteiger partial charge in [-0.15, -0.1) is 13.2 Å². The van der Waals surface area contributed by atoms with Crippen LogP contribution in [-0.4, -0.2) is 57.9 Å². The number of alkyl halides is 3. The number of nitrogens with two attached hydrogens (primary N) is 1. The number of hydrogen-bond donors (Lipinski definition) is 1. The van der Waals surface area contributed by atoms with Gasteiger partial charge in [0.05, 0.1) is 18.4 Å². The molecule has 1 saturated heterocycles. The van der Waals surface area contributed by atoms with Crippen LogP contribution < -0.4 is 10.5 Å². The van der Waals surface area contributed by atoms with Crippen molar-refractivity contribution in [1.82, 2.24) is 19.7 Å². The third kappa shape index (κ3) is 4.42. The smallest absolute Gasteiger partial charge is 0.402 e. The summed E-state index contributed by atoms with van der Waals surface area (Å²) in [5.41, 5.74) is 7.78. The summed E-state index contributed by atoms with van der Waals surface area (Å²) in [5.74, 6) is 0.884. The van der Waals surface area contributed by atoms with Crippen LogP contribution in [0.25, 0.3) is 11.3 Å². The lowest BCUT2D eigenvalue weighted by Crippen LogP contribution is -2.46. The molecule has 5 atom stereocenters. The topological polar surface area (TPSA) is 78.4 Å². The van der Waals surface area contributed by atoms with E-state index in [1.807, 2.05) is 10.7 Å². The maximum absolute atomic E-state index is 12.7. The van der Waals surface area contributed by atoms with Gasteiger partial charge in [0, 0.05) is 48.5 Å². The van der Waals surface area contributed by atoms with E-state index in [9.17, 15) is 13.2 Å². The fraction of sp³-hybridized carbons (Fsp3) is 0.652. The van der Waals surface area contributed by atoms with Gasteiger partial charge in [-0.05, 0) is 57.6 Å². The molecular formula is C23H30F3N5O2. The summed E-state index contributed by atoms with van der Waals surface area (Å²) in [4.78, 5) is 6.47. The second-order valence-corrected chi connectivity index (χ2v) is 9.80. The van der Waals surface area contributed by atoms with Gasteiger partial charge in [-0.3, -0.25) is 9.58 Å². The quantitative estimate of drug-likeness (QED) is 0.713. The normalized spacial score (nSPS) is 30.0. The van der Waals surface area contributed by atoms with Gasteiger partial charge >= 0.3 is 6.36 Å². The SMILES string of the molecule is CC(C)n1nc(-c2cnc(N)c(OC(F)(F)F)c2)cc1[C@H]1[C@@H]2C[C@H](N3CCO[C@@H](C)C3)C[C@@H]21. The van der Waals surface area contributed by atoms with Crippen LogP contribution in [0.15, 0.2) is 18.3 Å². The summed E-state index contributed by atoms with van der Waals surface area (Å²) < 4.78 is 49.9. The number of anilines is 1. The largest absolute Gasteiger partial charge is 0.573 e. The van der Waals surface area contributed by atoms with E-state index in [2.05, 4.69) is 35.4 Å². The van der Waals surface area contributed by atoms with Crippen molar-refractivity contribution in [3.05, 3.63) is 24.0 Å². The van der Waals surface area contributed by atoms with Crippen molar-refractivity contribution in [3.63, 3.8) is 0 Å². The van der Waals surface area contributed by atoms with Crippen LogP contribution in [0.3, 0.4) is 0 Å². The van der Waals surface area contributed by atoms with Gasteiger partial charge in [-0.2, -0.15) is 5.10 Å². The van der Waals surface area contributed by atoms with E-state index >= 15 is 0 Å². The third-order valence-corrected chi connectivity index (χ3v) is 7.21. The predicted octanol–water partition coefficient (Wildman–Crippen LogP) is 4.22. The molecule has 3 fully saturated rings. The summed E-state index contributed by atoms with van der Waals surface area (Å²) in [7, 11) is 0. The first-order valence-electron chi connectivity index (χ1n) is 11.6. The lowest BCUT2D eigenvalue weighted by molar-refractivity contribution is -0.274. The van der Waals surface area contributed by atoms with Crippen LogP contribution in [0, 0.1) is 11.8 Å². The highest BCUT2D eigenvalue weighted by molar-refractivity contribution is 5.64. The molecule has 0 spiro atoms. The fourth-order valence-electron chi connectivity index (χ4n) is 5.74. The highest BCUT2D eigenvalue weighted by Gasteiger charge is 2.58. The van der Waals surface area contributed by atoms with E-state index in [4.69, 9.17) is 15.6 Å². The molecule has 2 N–H and O–H groups in total. The maximum Gasteiger partial charge on any atom is 0.573 e. The first-order valence-corrected chi connectivity index (χ1v) is 11.6. The molecule has 0 aromatic carbocycles. The molecule has 7 nitrogen and oxygen atoms in total. The molecular weight excluding hydrogens is 435 g/mol. The molecule has 0 unspecified atom stereocenters. The molecule has 180 valence electrons. The van der Waals surface area contributed by atoms with Crippen molar-refractivity contribution in [1.29, 1.82) is 0 Å². The minimum absolute atomic E-state index is 0.138. The molecule has 10 heteroatoms. The Labute approximate surface area is 191 Å². The summed E-state index contributed by atoms with van der Waals surface area (Å²) in [5, 5.41) is 4.73. The molecule has 0 radical (unpaired) electrons. The molecule has 3 heterocycles. The first kappa shape index (κ1) is 22.5. The zero-order valence-corrected chi connectivity index (χ0v) is 19.0. The zero-order chi connectivity index (χ0) is 23.5. The Morgan fingerprint density at radius 1 is 1.21 bits per heavy atom. The summed E-state index contributed by atoms with van der Waals surface area (Å²) in [6.45, 7) is 9.06. The van der Waals surface area contributed by atoms with Crippen molar-refractivity contribution in [2.45, 2.75) is 64.1 Å². The van der Waals surface area contributed by atoms with Gasteiger partial charge in [0.25, 0.3) is 0 Å². The Balaban J connectivity index is 1.35. The maximum atomic E-state index is 12.7. The standard InChI is InChI=1S/C23H30F3N5O2/c1-12(2)31-19(21-16-7-15(8-17(16)21)30-4-5-32-13(3)11-30)9-18(29-31)14-6-20(22(27)28-10-14)33-23(24,25)26/h6,9-10,12-13,15-17,21H,4-5,7-8,11H2,1-3H3,(H2,27,28)/t13-,15-,16+,17-,21-/m0/s1. The second-order valence-electron chi connectivity index (χ2n) is 9.80. The molecule has 2 aromatic heterocycles. The number of halogens is 3. The van der Waals surface area contributed by atoms with Gasteiger partial charge < -0.3 is 15.2 Å². The minimum atomic E-state index is -4.84. The molecule has 2 aliphatic carbocycles. The van der Waals surface area contributed by atoms with Crippen LogP contribution in [0.4, 0.5) is 19.0 Å². The summed E-state index contributed by atoms with van der Waals surface area (Å²) in [6, 6.07) is 4.01. The van der Waals surface area contributed by atoms with Gasteiger partial charge in [0.15, 0.2) is 11.6 Å². The first-order chi connectivity index (χ1) is 15.6. The predicted molar refractivity (Wildman–Crippen MR) is 117 cm³/mol. The number of hydrogen-bond acceptors (Lipinski definition) is 6. The summed E-state index contributed by atoms with van der Waals surface area (Å²) in [6.07, 6.45) is -0.756. The average molecular weight is 466 g/mol. The molecule has 33 heavy (non-hydrogen) atoms. The van der Waals surface area contributed by atoms with E-state index in [-0.39, 0.29) is 18.0 Å². The van der Waals surface area contributed by atoms with E-state index < -0.39 is 12.1 Å². The van der Waals surface area contributed by atoms with Gasteiger partial charge in [-0.25, -0.2) is 4.98 Å². The molecule has 1 aliphatic heterocycles. The molecule has 0 amide bonds. The van der Waals surface area contributed by atoms with Crippen LogP contribution in [0.1, 0.15) is 51.3 Å². The van der Waals surface area contributed by atoms with E-state index in [0.717, 1.165) is 25.4 Å². The number of pyridine rings is 1. The third-order valence-electron chi connectivity index (χ3n) is 7.21. The Bertz CT molecular complexity index is 1010. The lowest BCUT2D eigenvalue weighted by atomic mass is 10.0. The minimum Gasteiger partial charge on any atom is -0.402 e. The van der Waals surface area contributed by atoms with Crippen LogP contribution in [0.5, 0.6) is 5.75 Å². The average Bonchev–Trinajstić information content (AvgIpc) is 3.09. The van der Waals surface area contributed by atoms with Crippen molar-refractivity contribution >= 4 is 5.82 Å². The molecule has 5 rings (SSSR count). The van der Waals surface area contributed by atoms with Crippen molar-refractivity contribution in [2.75, 3.05) is 25.4 Å². The van der Waals surface area contributed by atoms with Crippen molar-refractivity contribution in [2.24, 2.45) is 11.8 Å². The van der Waals surface area contributed by atoms with Gasteiger partial charge in [0.1, 0.15) is 0 Å². The Kier molecular flexibility index (Phi) is 5.55. The number of rotatable bonds is 5. The van der Waals surface area contributed by atoms with Crippen molar-refractivity contribution < 1.29 is 22.6 Å². The monoisotopic (exact) mass is 465 g/mol. The van der Waals surface area contributed by atoms with E-state index in [1.165, 1.54) is 25.1 Å². The highest BCUT2D eigenvalue weighted by atomic mass is 19.4. The van der Waals surface area contributed by atoms with Crippen LogP contribution >= 0.6 is 0 Å². The number of fused-ring (bicyclic) bond motifs is 1.